The van der Waals surface area contributed by atoms with Gasteiger partial charge >= 0.3 is 0 Å². The Balaban J connectivity index is 2.54. The highest BCUT2D eigenvalue weighted by atomic mass is 79.9. The molecule has 0 saturated carbocycles. The van der Waals surface area contributed by atoms with Gasteiger partial charge in [0.05, 0.1) is 5.02 Å². The van der Waals surface area contributed by atoms with Gasteiger partial charge in [-0.05, 0) is 48.9 Å². The summed E-state index contributed by atoms with van der Waals surface area (Å²) in [6.07, 6.45) is 0. The lowest BCUT2D eigenvalue weighted by Gasteiger charge is -2.08. The van der Waals surface area contributed by atoms with Crippen LogP contribution in [-0.4, -0.2) is 14.2 Å². The summed E-state index contributed by atoms with van der Waals surface area (Å²) in [7, 11) is -3.98. The molecule has 2 aromatic carbocycles. The van der Waals surface area contributed by atoms with Crippen LogP contribution in [-0.2, 0) is 10.0 Å². The molecule has 0 aliphatic heterocycles. The summed E-state index contributed by atoms with van der Waals surface area (Å²) in [5, 5.41) is 5.07. The van der Waals surface area contributed by atoms with Crippen molar-refractivity contribution in [3.8, 4) is 0 Å². The number of ketones is 1. The average molecular weight is 389 g/mol. The van der Waals surface area contributed by atoms with E-state index in [2.05, 4.69) is 15.9 Å². The van der Waals surface area contributed by atoms with Crippen LogP contribution in [0.3, 0.4) is 0 Å². The molecule has 110 valence electrons. The number of hydrogen-bond acceptors (Lipinski definition) is 3. The van der Waals surface area contributed by atoms with Crippen LogP contribution in [0, 0.1) is 6.92 Å². The zero-order valence-electron chi connectivity index (χ0n) is 10.9. The highest BCUT2D eigenvalue weighted by Crippen LogP contribution is 2.24. The van der Waals surface area contributed by atoms with E-state index in [1.807, 2.05) is 6.07 Å². The van der Waals surface area contributed by atoms with Gasteiger partial charge in [0.25, 0.3) is 0 Å². The first-order valence-corrected chi connectivity index (χ1v) is 8.55. The maximum atomic E-state index is 12.5. The normalized spacial score (nSPS) is 11.4. The number of aryl methyl sites for hydroxylation is 1. The number of hydrogen-bond donors (Lipinski definition) is 1. The summed E-state index contributed by atoms with van der Waals surface area (Å²) in [6.45, 7) is 1.80. The first-order chi connectivity index (χ1) is 9.70. The third-order valence-corrected chi connectivity index (χ3v) is 4.82. The van der Waals surface area contributed by atoms with Crippen molar-refractivity contribution in [2.75, 3.05) is 0 Å². The van der Waals surface area contributed by atoms with Crippen LogP contribution in [0.2, 0.25) is 5.02 Å². The molecular weight excluding hydrogens is 378 g/mol. The van der Waals surface area contributed by atoms with Gasteiger partial charge in [-0.15, -0.1) is 0 Å². The zero-order chi connectivity index (χ0) is 15.8. The Labute approximate surface area is 136 Å². The molecule has 7 heteroatoms. The van der Waals surface area contributed by atoms with E-state index in [0.29, 0.717) is 5.56 Å². The smallest absolute Gasteiger partial charge is 0.239 e. The van der Waals surface area contributed by atoms with Gasteiger partial charge in [-0.25, -0.2) is 13.6 Å². The van der Waals surface area contributed by atoms with Crippen molar-refractivity contribution in [2.45, 2.75) is 11.8 Å². The largest absolute Gasteiger partial charge is 0.289 e. The molecular formula is C14H11BrClNO3S. The molecule has 0 bridgehead atoms. The number of carbonyl (C=O) groups is 1. The molecule has 0 radical (unpaired) electrons. The lowest BCUT2D eigenvalue weighted by Crippen LogP contribution is -2.14. The maximum Gasteiger partial charge on any atom is 0.239 e. The van der Waals surface area contributed by atoms with Gasteiger partial charge in [0.2, 0.25) is 10.0 Å². The number of halogens is 2. The van der Waals surface area contributed by atoms with Gasteiger partial charge in [-0.3, -0.25) is 4.79 Å². The lowest BCUT2D eigenvalue weighted by molar-refractivity contribution is 0.103. The predicted octanol–water partition coefficient (Wildman–Crippen LogP) is 3.29. The fraction of sp³-hybridized carbons (Fsp3) is 0.0714. The first kappa shape index (κ1) is 16.2. The molecule has 0 aliphatic rings. The van der Waals surface area contributed by atoms with Gasteiger partial charge in [0, 0.05) is 15.6 Å². The van der Waals surface area contributed by atoms with E-state index in [1.54, 1.807) is 19.1 Å². The van der Waals surface area contributed by atoms with Crippen molar-refractivity contribution in [3.63, 3.8) is 0 Å². The molecule has 0 atom stereocenters. The molecule has 0 saturated heterocycles. The maximum absolute atomic E-state index is 12.5. The highest BCUT2D eigenvalue weighted by molar-refractivity contribution is 9.10. The van der Waals surface area contributed by atoms with Crippen LogP contribution in [0.4, 0.5) is 0 Å². The zero-order valence-corrected chi connectivity index (χ0v) is 14.1. The molecule has 0 spiro atoms. The van der Waals surface area contributed by atoms with Crippen LogP contribution in [0.5, 0.6) is 0 Å². The summed E-state index contributed by atoms with van der Waals surface area (Å²) >= 11 is 9.13. The van der Waals surface area contributed by atoms with Crippen molar-refractivity contribution >= 4 is 43.3 Å². The average Bonchev–Trinajstić information content (AvgIpc) is 2.37. The van der Waals surface area contributed by atoms with Gasteiger partial charge in [0.1, 0.15) is 4.90 Å². The Kier molecular flexibility index (Phi) is 4.53. The van der Waals surface area contributed by atoms with E-state index >= 15 is 0 Å². The van der Waals surface area contributed by atoms with Crippen molar-refractivity contribution in [3.05, 3.63) is 62.6 Å². The number of rotatable bonds is 3. The number of sulfonamides is 1. The predicted molar refractivity (Wildman–Crippen MR) is 85.1 cm³/mol. The summed E-state index contributed by atoms with van der Waals surface area (Å²) in [5.41, 5.74) is 1.48. The van der Waals surface area contributed by atoms with Crippen molar-refractivity contribution in [2.24, 2.45) is 5.14 Å². The Morgan fingerprint density at radius 1 is 1.19 bits per heavy atom. The Bertz CT molecular complexity index is 834. The molecule has 0 unspecified atom stereocenters. The van der Waals surface area contributed by atoms with Gasteiger partial charge in [0.15, 0.2) is 5.78 Å². The monoisotopic (exact) mass is 387 g/mol. The van der Waals surface area contributed by atoms with Crippen molar-refractivity contribution in [1.82, 2.24) is 0 Å². The second kappa shape index (κ2) is 5.88. The molecule has 2 rings (SSSR count). The number of carbonyl (C=O) groups excluding carboxylic acids is 1. The lowest BCUT2D eigenvalue weighted by atomic mass is 9.99. The Morgan fingerprint density at radius 2 is 1.86 bits per heavy atom. The highest BCUT2D eigenvalue weighted by Gasteiger charge is 2.18. The third-order valence-electron chi connectivity index (χ3n) is 2.93. The number of primary sulfonamides is 1. The molecule has 0 amide bonds. The first-order valence-electron chi connectivity index (χ1n) is 5.83. The van der Waals surface area contributed by atoms with Crippen molar-refractivity contribution < 1.29 is 13.2 Å². The number of nitrogens with two attached hydrogens (primary N) is 1. The minimum absolute atomic E-state index is 0.0124. The van der Waals surface area contributed by atoms with E-state index in [9.17, 15) is 13.2 Å². The van der Waals surface area contributed by atoms with Gasteiger partial charge in [-0.2, -0.15) is 0 Å². The van der Waals surface area contributed by atoms with Gasteiger partial charge in [-0.1, -0.05) is 27.5 Å². The van der Waals surface area contributed by atoms with Crippen LogP contribution in [0.25, 0.3) is 0 Å². The number of benzene rings is 2. The molecule has 2 aromatic rings. The van der Waals surface area contributed by atoms with Gasteiger partial charge < -0.3 is 0 Å². The second-order valence-electron chi connectivity index (χ2n) is 4.48. The van der Waals surface area contributed by atoms with Crippen LogP contribution in [0.1, 0.15) is 21.5 Å². The minimum Gasteiger partial charge on any atom is -0.289 e. The topological polar surface area (TPSA) is 77.2 Å². The van der Waals surface area contributed by atoms with E-state index in [0.717, 1.165) is 10.0 Å². The standard InChI is InChI=1S/C14H11BrClNO3S/c1-8-6-10(15)3-4-11(8)14(18)9-2-5-12(16)13(7-9)21(17,19)20/h2-7H,1H3,(H2,17,19,20). The van der Waals surface area contributed by atoms with Crippen LogP contribution >= 0.6 is 27.5 Å². The molecule has 0 aromatic heterocycles. The van der Waals surface area contributed by atoms with E-state index in [4.69, 9.17) is 16.7 Å². The Morgan fingerprint density at radius 3 is 2.43 bits per heavy atom. The molecule has 0 aliphatic carbocycles. The second-order valence-corrected chi connectivity index (χ2v) is 7.33. The fourth-order valence-corrected chi connectivity index (χ4v) is 3.45. The minimum atomic E-state index is -3.98. The van der Waals surface area contributed by atoms with Crippen LogP contribution in [0.15, 0.2) is 45.8 Å². The van der Waals surface area contributed by atoms with E-state index < -0.39 is 10.0 Å². The molecule has 2 N–H and O–H groups in total. The summed E-state index contributed by atoms with van der Waals surface area (Å²) in [5.74, 6) is -0.290. The van der Waals surface area contributed by atoms with E-state index in [-0.39, 0.29) is 21.3 Å². The molecule has 0 heterocycles. The SMILES string of the molecule is Cc1cc(Br)ccc1C(=O)c1ccc(Cl)c(S(N)(=O)=O)c1. The summed E-state index contributed by atoms with van der Waals surface area (Å²) < 4.78 is 23.8. The molecule has 21 heavy (non-hydrogen) atoms. The fourth-order valence-electron chi connectivity index (χ4n) is 1.90. The Hall–Kier alpha value is -1.21. The third kappa shape index (κ3) is 3.52. The summed E-state index contributed by atoms with van der Waals surface area (Å²) in [6, 6.07) is 9.25. The van der Waals surface area contributed by atoms with Crippen LogP contribution < -0.4 is 5.14 Å². The van der Waals surface area contributed by atoms with Crippen molar-refractivity contribution in [1.29, 1.82) is 0 Å². The molecule has 4 nitrogen and oxygen atoms in total. The summed E-state index contributed by atoms with van der Waals surface area (Å²) in [4.78, 5) is 12.2. The molecule has 0 fully saturated rings. The van der Waals surface area contributed by atoms with E-state index in [1.165, 1.54) is 18.2 Å². The quantitative estimate of drug-likeness (QED) is 0.820.